The molecule has 1 N–H and O–H groups in total. The average molecular weight is 301 g/mol. The van der Waals surface area contributed by atoms with Gasteiger partial charge in [0.25, 0.3) is 0 Å². The summed E-state index contributed by atoms with van der Waals surface area (Å²) in [5, 5.41) is 12.8. The van der Waals surface area contributed by atoms with E-state index in [1.165, 1.54) is 5.56 Å². The van der Waals surface area contributed by atoms with Crippen molar-refractivity contribution in [2.45, 2.75) is 13.0 Å². The third-order valence-corrected chi connectivity index (χ3v) is 3.60. The maximum Gasteiger partial charge on any atom is 0.0992 e. The Bertz CT molecular complexity index is 649. The summed E-state index contributed by atoms with van der Waals surface area (Å²) < 4.78 is 5.13. The Labute approximate surface area is 130 Å². The fourth-order valence-electron chi connectivity index (χ4n) is 2.07. The largest absolute Gasteiger partial charge is 0.384 e. The number of hydrogen-bond acceptors (Lipinski definition) is 3. The summed E-state index contributed by atoms with van der Waals surface area (Å²) in [6.45, 7) is 1.31. The predicted molar refractivity (Wildman–Crippen MR) is 85.5 cm³/mol. The van der Waals surface area contributed by atoms with Gasteiger partial charge in [0, 0.05) is 24.4 Å². The molecular formula is C17H17ClN2O. The molecule has 4 heteroatoms. The standard InChI is InChI=1S/C17H17ClN2O/c1-21-9-8-14-4-2-3-5-17(14)20-12-15-7-6-13(11-19)10-16(15)18/h2-7,10,20H,8-9,12H2,1H3. The fraction of sp³-hybridized carbons (Fsp3) is 0.235. The maximum atomic E-state index is 8.84. The minimum Gasteiger partial charge on any atom is -0.384 e. The first-order valence-corrected chi connectivity index (χ1v) is 7.11. The Morgan fingerprint density at radius 3 is 2.71 bits per heavy atom. The lowest BCUT2D eigenvalue weighted by molar-refractivity contribution is 0.202. The molecule has 0 aromatic heterocycles. The molecule has 0 bridgehead atoms. The van der Waals surface area contributed by atoms with Crippen LogP contribution in [-0.2, 0) is 17.7 Å². The van der Waals surface area contributed by atoms with Gasteiger partial charge >= 0.3 is 0 Å². The van der Waals surface area contributed by atoms with Crippen molar-refractivity contribution >= 4 is 17.3 Å². The summed E-state index contributed by atoms with van der Waals surface area (Å²) in [4.78, 5) is 0. The monoisotopic (exact) mass is 300 g/mol. The first-order chi connectivity index (χ1) is 10.2. The van der Waals surface area contributed by atoms with Crippen molar-refractivity contribution in [3.05, 3.63) is 64.2 Å². The summed E-state index contributed by atoms with van der Waals surface area (Å²) in [6.07, 6.45) is 0.862. The molecule has 108 valence electrons. The van der Waals surface area contributed by atoms with E-state index in [0.29, 0.717) is 23.7 Å². The Hall–Kier alpha value is -2.02. The quantitative estimate of drug-likeness (QED) is 0.876. The lowest BCUT2D eigenvalue weighted by Crippen LogP contribution is -2.04. The molecule has 0 heterocycles. The van der Waals surface area contributed by atoms with Gasteiger partial charge in [-0.15, -0.1) is 0 Å². The van der Waals surface area contributed by atoms with E-state index in [0.717, 1.165) is 17.7 Å². The molecule has 0 amide bonds. The molecule has 2 aromatic rings. The van der Waals surface area contributed by atoms with E-state index >= 15 is 0 Å². The van der Waals surface area contributed by atoms with Gasteiger partial charge in [-0.2, -0.15) is 5.26 Å². The van der Waals surface area contributed by atoms with E-state index < -0.39 is 0 Å². The number of hydrogen-bond donors (Lipinski definition) is 1. The van der Waals surface area contributed by atoms with Crippen LogP contribution in [0.3, 0.4) is 0 Å². The van der Waals surface area contributed by atoms with Crippen LogP contribution in [0, 0.1) is 11.3 Å². The van der Waals surface area contributed by atoms with Gasteiger partial charge in [0.1, 0.15) is 0 Å². The summed E-state index contributed by atoms with van der Waals surface area (Å²) in [7, 11) is 1.70. The van der Waals surface area contributed by atoms with Gasteiger partial charge in [-0.05, 0) is 35.7 Å². The Morgan fingerprint density at radius 2 is 2.00 bits per heavy atom. The number of anilines is 1. The van der Waals surface area contributed by atoms with Crippen molar-refractivity contribution in [1.82, 2.24) is 0 Å². The molecule has 0 aliphatic carbocycles. The number of halogens is 1. The molecule has 21 heavy (non-hydrogen) atoms. The van der Waals surface area contributed by atoms with Crippen LogP contribution in [0.25, 0.3) is 0 Å². The van der Waals surface area contributed by atoms with Crippen LogP contribution in [-0.4, -0.2) is 13.7 Å². The summed E-state index contributed by atoms with van der Waals surface area (Å²) in [5.41, 5.74) is 3.83. The molecule has 0 atom stereocenters. The molecule has 0 aliphatic rings. The van der Waals surface area contributed by atoms with Crippen molar-refractivity contribution in [2.75, 3.05) is 19.0 Å². The van der Waals surface area contributed by atoms with Gasteiger partial charge in [0.05, 0.1) is 18.2 Å². The molecule has 2 aromatic carbocycles. The first kappa shape index (κ1) is 15.4. The number of nitriles is 1. The fourth-order valence-corrected chi connectivity index (χ4v) is 2.32. The molecule has 0 fully saturated rings. The van der Waals surface area contributed by atoms with Crippen molar-refractivity contribution in [3.63, 3.8) is 0 Å². The normalized spacial score (nSPS) is 10.1. The van der Waals surface area contributed by atoms with Crippen molar-refractivity contribution in [3.8, 4) is 6.07 Å². The minimum atomic E-state index is 0.573. The molecule has 2 rings (SSSR count). The van der Waals surface area contributed by atoms with Gasteiger partial charge < -0.3 is 10.1 Å². The molecule has 0 spiro atoms. The highest BCUT2D eigenvalue weighted by atomic mass is 35.5. The van der Waals surface area contributed by atoms with E-state index in [9.17, 15) is 0 Å². The second kappa shape index (κ2) is 7.68. The topological polar surface area (TPSA) is 45.0 Å². The van der Waals surface area contributed by atoms with E-state index in [1.54, 1.807) is 19.2 Å². The summed E-state index contributed by atoms with van der Waals surface area (Å²) >= 11 is 6.19. The second-order valence-electron chi connectivity index (χ2n) is 4.67. The molecule has 0 saturated heterocycles. The van der Waals surface area contributed by atoms with E-state index in [-0.39, 0.29) is 0 Å². The average Bonchev–Trinajstić information content (AvgIpc) is 2.52. The summed E-state index contributed by atoms with van der Waals surface area (Å²) in [6, 6.07) is 15.6. The van der Waals surface area contributed by atoms with E-state index in [2.05, 4.69) is 17.5 Å². The molecular weight excluding hydrogens is 284 g/mol. The van der Waals surface area contributed by atoms with E-state index in [4.69, 9.17) is 21.6 Å². The predicted octanol–water partition coefficient (Wildman–Crippen LogP) is 4.01. The number of benzene rings is 2. The highest BCUT2D eigenvalue weighted by Gasteiger charge is 2.04. The molecule has 3 nitrogen and oxygen atoms in total. The summed E-state index contributed by atoms with van der Waals surface area (Å²) in [5.74, 6) is 0. The van der Waals surface area contributed by atoms with Crippen molar-refractivity contribution in [1.29, 1.82) is 5.26 Å². The molecule has 0 unspecified atom stereocenters. The highest BCUT2D eigenvalue weighted by molar-refractivity contribution is 6.31. The van der Waals surface area contributed by atoms with Crippen LogP contribution in [0.4, 0.5) is 5.69 Å². The zero-order chi connectivity index (χ0) is 15.1. The zero-order valence-corrected chi connectivity index (χ0v) is 12.7. The molecule has 0 saturated carbocycles. The van der Waals surface area contributed by atoms with Gasteiger partial charge in [-0.3, -0.25) is 0 Å². The third-order valence-electron chi connectivity index (χ3n) is 3.24. The van der Waals surface area contributed by atoms with Crippen molar-refractivity contribution < 1.29 is 4.74 Å². The number of rotatable bonds is 6. The smallest absolute Gasteiger partial charge is 0.0992 e. The lowest BCUT2D eigenvalue weighted by Gasteiger charge is -2.12. The number of methoxy groups -OCH3 is 1. The first-order valence-electron chi connectivity index (χ1n) is 6.74. The van der Waals surface area contributed by atoms with Crippen LogP contribution in [0.5, 0.6) is 0 Å². The SMILES string of the molecule is COCCc1ccccc1NCc1ccc(C#N)cc1Cl. The van der Waals surface area contributed by atoms with Gasteiger partial charge in [0.2, 0.25) is 0 Å². The number of para-hydroxylation sites is 1. The van der Waals surface area contributed by atoms with Crippen molar-refractivity contribution in [2.24, 2.45) is 0 Å². The van der Waals surface area contributed by atoms with Crippen LogP contribution >= 0.6 is 11.6 Å². The van der Waals surface area contributed by atoms with Gasteiger partial charge in [-0.25, -0.2) is 0 Å². The lowest BCUT2D eigenvalue weighted by atomic mass is 10.1. The molecule has 0 aliphatic heterocycles. The highest BCUT2D eigenvalue weighted by Crippen LogP contribution is 2.21. The van der Waals surface area contributed by atoms with Crippen LogP contribution in [0.15, 0.2) is 42.5 Å². The Morgan fingerprint density at radius 1 is 1.19 bits per heavy atom. The zero-order valence-electron chi connectivity index (χ0n) is 11.9. The minimum absolute atomic E-state index is 0.573. The van der Waals surface area contributed by atoms with E-state index in [1.807, 2.05) is 24.3 Å². The van der Waals surface area contributed by atoms with Gasteiger partial charge in [-0.1, -0.05) is 35.9 Å². The van der Waals surface area contributed by atoms with Crippen LogP contribution < -0.4 is 5.32 Å². The Balaban J connectivity index is 2.08. The Kier molecular flexibility index (Phi) is 5.62. The van der Waals surface area contributed by atoms with Gasteiger partial charge in [0.15, 0.2) is 0 Å². The second-order valence-corrected chi connectivity index (χ2v) is 5.08. The number of ether oxygens (including phenoxy) is 1. The maximum absolute atomic E-state index is 8.84. The number of nitrogens with one attached hydrogen (secondary N) is 1. The molecule has 0 radical (unpaired) electrons. The third kappa shape index (κ3) is 4.22. The van der Waals surface area contributed by atoms with Crippen LogP contribution in [0.1, 0.15) is 16.7 Å². The number of nitrogens with zero attached hydrogens (tertiary/aromatic N) is 1. The van der Waals surface area contributed by atoms with Crippen LogP contribution in [0.2, 0.25) is 5.02 Å².